The van der Waals surface area contributed by atoms with Crippen LogP contribution < -0.4 is 4.74 Å². The molecule has 2 aliphatic heterocycles. The van der Waals surface area contributed by atoms with Crippen LogP contribution in [0.25, 0.3) is 0 Å². The Morgan fingerprint density at radius 3 is 2.50 bits per heavy atom. The number of hydrogen-bond donors (Lipinski definition) is 0. The van der Waals surface area contributed by atoms with E-state index in [1.807, 2.05) is 0 Å². The molecule has 1 aromatic rings. The van der Waals surface area contributed by atoms with Gasteiger partial charge in [0.1, 0.15) is 11.8 Å². The van der Waals surface area contributed by atoms with Crippen LogP contribution in [0.1, 0.15) is 37.7 Å². The van der Waals surface area contributed by atoms with Crippen molar-refractivity contribution in [1.82, 2.24) is 9.21 Å². The standard InChI is InChI=1S/C18H24N2O5S/c1-13-12-14(6-8-16(13)25-2)26(23,24)20-15(7-9-17(20)21)18(22)19-10-4-3-5-11-19/h6,8,12,15H,3-5,7,9-11H2,1-2H3/t15-/m1/s1. The zero-order valence-electron chi connectivity index (χ0n) is 15.1. The van der Waals surface area contributed by atoms with Crippen molar-refractivity contribution in [3.05, 3.63) is 23.8 Å². The molecule has 1 aromatic carbocycles. The van der Waals surface area contributed by atoms with Crippen LogP contribution >= 0.6 is 0 Å². The predicted molar refractivity (Wildman–Crippen MR) is 95.2 cm³/mol. The number of carbonyl (C=O) groups excluding carboxylic acids is 2. The van der Waals surface area contributed by atoms with Gasteiger partial charge in [-0.15, -0.1) is 0 Å². The molecule has 26 heavy (non-hydrogen) atoms. The number of piperidine rings is 1. The van der Waals surface area contributed by atoms with E-state index in [2.05, 4.69) is 0 Å². The van der Waals surface area contributed by atoms with E-state index in [0.29, 0.717) is 24.4 Å². The average Bonchev–Trinajstić information content (AvgIpc) is 3.04. The molecule has 7 nitrogen and oxygen atoms in total. The lowest BCUT2D eigenvalue weighted by Crippen LogP contribution is -2.50. The first-order valence-electron chi connectivity index (χ1n) is 8.87. The number of likely N-dealkylation sites (tertiary alicyclic amines) is 1. The van der Waals surface area contributed by atoms with E-state index >= 15 is 0 Å². The van der Waals surface area contributed by atoms with Crippen molar-refractivity contribution in [2.45, 2.75) is 50.0 Å². The molecular weight excluding hydrogens is 356 g/mol. The second-order valence-electron chi connectivity index (χ2n) is 6.77. The summed E-state index contributed by atoms with van der Waals surface area (Å²) in [7, 11) is -2.58. The van der Waals surface area contributed by atoms with E-state index in [1.165, 1.54) is 19.2 Å². The van der Waals surface area contributed by atoms with Crippen molar-refractivity contribution in [3.63, 3.8) is 0 Å². The summed E-state index contributed by atoms with van der Waals surface area (Å²) in [6, 6.07) is 3.51. The zero-order chi connectivity index (χ0) is 18.9. The second kappa shape index (κ2) is 7.26. The lowest BCUT2D eigenvalue weighted by atomic mass is 10.1. The van der Waals surface area contributed by atoms with Gasteiger partial charge in [-0.2, -0.15) is 0 Å². The number of aryl methyl sites for hydroxylation is 1. The Hall–Kier alpha value is -2.09. The first-order chi connectivity index (χ1) is 12.4. The van der Waals surface area contributed by atoms with Gasteiger partial charge in [-0.1, -0.05) is 0 Å². The molecular formula is C18H24N2O5S. The van der Waals surface area contributed by atoms with Crippen molar-refractivity contribution in [3.8, 4) is 5.75 Å². The van der Waals surface area contributed by atoms with E-state index < -0.39 is 22.0 Å². The molecule has 0 bridgehead atoms. The summed E-state index contributed by atoms with van der Waals surface area (Å²) < 4.78 is 32.1. The molecule has 2 aliphatic rings. The first kappa shape index (κ1) is 18.7. The minimum absolute atomic E-state index is 0.00231. The van der Waals surface area contributed by atoms with Gasteiger partial charge in [0.2, 0.25) is 11.8 Å². The van der Waals surface area contributed by atoms with Crippen LogP contribution in [0.15, 0.2) is 23.1 Å². The highest BCUT2D eigenvalue weighted by Gasteiger charge is 2.45. The van der Waals surface area contributed by atoms with Gasteiger partial charge in [0, 0.05) is 19.5 Å². The maximum atomic E-state index is 13.1. The molecule has 2 amide bonds. The van der Waals surface area contributed by atoms with Crippen LogP contribution in [0.5, 0.6) is 5.75 Å². The third kappa shape index (κ3) is 3.30. The fourth-order valence-corrected chi connectivity index (χ4v) is 5.32. The second-order valence-corrected chi connectivity index (χ2v) is 8.58. The fraction of sp³-hybridized carbons (Fsp3) is 0.556. The van der Waals surface area contributed by atoms with E-state index in [9.17, 15) is 18.0 Å². The minimum Gasteiger partial charge on any atom is -0.496 e. The third-order valence-electron chi connectivity index (χ3n) is 5.04. The average molecular weight is 380 g/mol. The summed E-state index contributed by atoms with van der Waals surface area (Å²) in [6.07, 6.45) is 3.20. The Kier molecular flexibility index (Phi) is 5.22. The van der Waals surface area contributed by atoms with Gasteiger partial charge in [-0.3, -0.25) is 9.59 Å². The summed E-state index contributed by atoms with van der Waals surface area (Å²) in [4.78, 5) is 26.9. The Morgan fingerprint density at radius 2 is 1.88 bits per heavy atom. The summed E-state index contributed by atoms with van der Waals surface area (Å²) in [5, 5.41) is 0. The van der Waals surface area contributed by atoms with Gasteiger partial charge in [0.05, 0.1) is 12.0 Å². The molecule has 3 rings (SSSR count). The Labute approximate surface area is 154 Å². The van der Waals surface area contributed by atoms with Crippen LogP contribution in [-0.4, -0.2) is 55.7 Å². The van der Waals surface area contributed by atoms with E-state index in [4.69, 9.17) is 4.74 Å². The SMILES string of the molecule is COc1ccc(S(=O)(=O)N2C(=O)CC[C@@H]2C(=O)N2CCCCC2)cc1C. The van der Waals surface area contributed by atoms with Crippen LogP contribution in [0.3, 0.4) is 0 Å². The van der Waals surface area contributed by atoms with Crippen molar-refractivity contribution < 1.29 is 22.7 Å². The number of benzene rings is 1. The number of carbonyl (C=O) groups is 2. The van der Waals surface area contributed by atoms with Crippen LogP contribution in [-0.2, 0) is 19.6 Å². The van der Waals surface area contributed by atoms with Gasteiger partial charge in [0.25, 0.3) is 10.0 Å². The smallest absolute Gasteiger partial charge is 0.267 e. The molecule has 0 aromatic heterocycles. The van der Waals surface area contributed by atoms with Gasteiger partial charge >= 0.3 is 0 Å². The number of methoxy groups -OCH3 is 1. The number of hydrogen-bond acceptors (Lipinski definition) is 5. The van der Waals surface area contributed by atoms with Crippen molar-refractivity contribution in [2.24, 2.45) is 0 Å². The molecule has 1 atom stereocenters. The van der Waals surface area contributed by atoms with Crippen molar-refractivity contribution >= 4 is 21.8 Å². The molecule has 0 radical (unpaired) electrons. The highest BCUT2D eigenvalue weighted by atomic mass is 32.2. The molecule has 0 spiro atoms. The molecule has 0 unspecified atom stereocenters. The van der Waals surface area contributed by atoms with Crippen LogP contribution in [0.2, 0.25) is 0 Å². The predicted octanol–water partition coefficient (Wildman–Crippen LogP) is 1.70. The molecule has 0 N–H and O–H groups in total. The van der Waals surface area contributed by atoms with E-state index in [1.54, 1.807) is 17.9 Å². The zero-order valence-corrected chi connectivity index (χ0v) is 15.9. The maximum absolute atomic E-state index is 13.1. The molecule has 0 aliphatic carbocycles. The van der Waals surface area contributed by atoms with Gasteiger partial charge in [-0.05, 0) is 56.4 Å². The summed E-state index contributed by atoms with van der Waals surface area (Å²) in [5.74, 6) is -0.212. The molecule has 8 heteroatoms. The van der Waals surface area contributed by atoms with Gasteiger partial charge < -0.3 is 9.64 Å². The quantitative estimate of drug-likeness (QED) is 0.794. The number of ether oxygens (including phenoxy) is 1. The summed E-state index contributed by atoms with van der Waals surface area (Å²) in [5.41, 5.74) is 0.652. The highest BCUT2D eigenvalue weighted by molar-refractivity contribution is 7.89. The third-order valence-corrected chi connectivity index (χ3v) is 6.86. The van der Waals surface area contributed by atoms with Gasteiger partial charge in [-0.25, -0.2) is 12.7 Å². The normalized spacial score (nSPS) is 21.2. The number of nitrogens with zero attached hydrogens (tertiary/aromatic N) is 2. The highest BCUT2D eigenvalue weighted by Crippen LogP contribution is 2.31. The fourth-order valence-electron chi connectivity index (χ4n) is 3.64. The Morgan fingerprint density at radius 1 is 1.19 bits per heavy atom. The molecule has 142 valence electrons. The molecule has 2 saturated heterocycles. The number of rotatable bonds is 4. The van der Waals surface area contributed by atoms with Crippen LogP contribution in [0.4, 0.5) is 0 Å². The summed E-state index contributed by atoms with van der Waals surface area (Å²) >= 11 is 0. The Balaban J connectivity index is 1.92. The van der Waals surface area contributed by atoms with Crippen LogP contribution in [0, 0.1) is 6.92 Å². The monoisotopic (exact) mass is 380 g/mol. The molecule has 2 heterocycles. The van der Waals surface area contributed by atoms with Crippen molar-refractivity contribution in [1.29, 1.82) is 0 Å². The lowest BCUT2D eigenvalue weighted by molar-refractivity contribution is -0.138. The minimum atomic E-state index is -4.09. The lowest BCUT2D eigenvalue weighted by Gasteiger charge is -2.32. The van der Waals surface area contributed by atoms with E-state index in [-0.39, 0.29) is 23.6 Å². The van der Waals surface area contributed by atoms with E-state index in [0.717, 1.165) is 23.6 Å². The number of sulfonamides is 1. The maximum Gasteiger partial charge on any atom is 0.267 e. The first-order valence-corrected chi connectivity index (χ1v) is 10.3. The Bertz CT molecular complexity index is 815. The molecule has 2 fully saturated rings. The van der Waals surface area contributed by atoms with Gasteiger partial charge in [0.15, 0.2) is 0 Å². The topological polar surface area (TPSA) is 84.0 Å². The van der Waals surface area contributed by atoms with Crippen molar-refractivity contribution in [2.75, 3.05) is 20.2 Å². The summed E-state index contributed by atoms with van der Waals surface area (Å²) in [6.45, 7) is 2.98. The largest absolute Gasteiger partial charge is 0.496 e. The molecule has 0 saturated carbocycles. The number of amides is 2.